The van der Waals surface area contributed by atoms with Gasteiger partial charge in [-0.15, -0.1) is 0 Å². The molecule has 20 heavy (non-hydrogen) atoms. The van der Waals surface area contributed by atoms with Gasteiger partial charge in [-0.2, -0.15) is 0 Å². The average Bonchev–Trinajstić information content (AvgIpc) is 2.35. The van der Waals surface area contributed by atoms with E-state index in [0.29, 0.717) is 19.0 Å². The van der Waals surface area contributed by atoms with Crippen LogP contribution in [-0.4, -0.2) is 40.8 Å². The Labute approximate surface area is 120 Å². The minimum Gasteiger partial charge on any atom is -0.481 e. The zero-order valence-electron chi connectivity index (χ0n) is 12.6. The minimum absolute atomic E-state index is 0.0857. The van der Waals surface area contributed by atoms with Gasteiger partial charge >= 0.3 is 12.1 Å². The SMILES string of the molecule is CC(C)(C)OC(=O)N1CCC2CCCC(C(=O)O)C2C1. The van der Waals surface area contributed by atoms with Crippen LogP contribution in [0.25, 0.3) is 0 Å². The van der Waals surface area contributed by atoms with Gasteiger partial charge in [-0.3, -0.25) is 4.79 Å². The van der Waals surface area contributed by atoms with Crippen molar-refractivity contribution in [2.45, 2.75) is 52.1 Å². The van der Waals surface area contributed by atoms with Gasteiger partial charge in [0.05, 0.1) is 5.92 Å². The average molecular weight is 283 g/mol. The highest BCUT2D eigenvalue weighted by molar-refractivity contribution is 5.71. The number of carboxylic acids is 1. The first-order valence-electron chi connectivity index (χ1n) is 7.48. The number of carbonyl (C=O) groups is 2. The van der Waals surface area contributed by atoms with Gasteiger partial charge in [0.25, 0.3) is 0 Å². The number of likely N-dealkylation sites (tertiary alicyclic amines) is 1. The maximum atomic E-state index is 12.1. The third-order valence-electron chi connectivity index (χ3n) is 4.38. The number of piperidine rings is 1. The first-order valence-corrected chi connectivity index (χ1v) is 7.48. The van der Waals surface area contributed by atoms with Gasteiger partial charge in [0.2, 0.25) is 0 Å². The van der Waals surface area contributed by atoms with Crippen LogP contribution in [0.2, 0.25) is 0 Å². The topological polar surface area (TPSA) is 66.8 Å². The Morgan fingerprint density at radius 3 is 2.50 bits per heavy atom. The van der Waals surface area contributed by atoms with E-state index in [1.807, 2.05) is 20.8 Å². The van der Waals surface area contributed by atoms with E-state index in [9.17, 15) is 14.7 Å². The molecule has 1 heterocycles. The molecule has 1 aliphatic heterocycles. The Balaban J connectivity index is 2.02. The lowest BCUT2D eigenvalue weighted by Crippen LogP contribution is -2.50. The monoisotopic (exact) mass is 283 g/mol. The molecule has 2 aliphatic rings. The lowest BCUT2D eigenvalue weighted by molar-refractivity contribution is -0.147. The quantitative estimate of drug-likeness (QED) is 0.803. The Bertz CT molecular complexity index is 388. The van der Waals surface area contributed by atoms with E-state index < -0.39 is 11.6 Å². The van der Waals surface area contributed by atoms with Crippen molar-refractivity contribution in [1.82, 2.24) is 4.90 Å². The van der Waals surface area contributed by atoms with Gasteiger partial charge in [-0.05, 0) is 51.9 Å². The Kier molecular flexibility index (Phi) is 4.25. The molecule has 0 aromatic heterocycles. The molecule has 2 fully saturated rings. The van der Waals surface area contributed by atoms with Crippen LogP contribution >= 0.6 is 0 Å². The second kappa shape index (κ2) is 5.62. The lowest BCUT2D eigenvalue weighted by Gasteiger charge is -2.44. The van der Waals surface area contributed by atoms with Crippen molar-refractivity contribution in [2.75, 3.05) is 13.1 Å². The molecule has 0 radical (unpaired) electrons. The predicted octanol–water partition coefficient (Wildman–Crippen LogP) is 2.74. The zero-order chi connectivity index (χ0) is 14.9. The number of fused-ring (bicyclic) bond motifs is 1. The molecule has 0 spiro atoms. The van der Waals surface area contributed by atoms with E-state index in [4.69, 9.17) is 4.74 Å². The van der Waals surface area contributed by atoms with Gasteiger partial charge in [0, 0.05) is 13.1 Å². The molecule has 2 rings (SSSR count). The highest BCUT2D eigenvalue weighted by atomic mass is 16.6. The second-order valence-corrected chi connectivity index (χ2v) is 7.01. The number of hydrogen-bond acceptors (Lipinski definition) is 3. The maximum Gasteiger partial charge on any atom is 0.410 e. The number of hydrogen-bond donors (Lipinski definition) is 1. The molecule has 1 N–H and O–H groups in total. The third-order valence-corrected chi connectivity index (χ3v) is 4.38. The molecule has 1 aliphatic carbocycles. The van der Waals surface area contributed by atoms with E-state index in [-0.39, 0.29) is 17.9 Å². The van der Waals surface area contributed by atoms with Gasteiger partial charge in [-0.1, -0.05) is 6.42 Å². The van der Waals surface area contributed by atoms with Crippen molar-refractivity contribution in [2.24, 2.45) is 17.8 Å². The highest BCUT2D eigenvalue weighted by Gasteiger charge is 2.42. The Morgan fingerprint density at radius 2 is 1.90 bits per heavy atom. The van der Waals surface area contributed by atoms with Crippen LogP contribution in [0.3, 0.4) is 0 Å². The van der Waals surface area contributed by atoms with Gasteiger partial charge in [0.15, 0.2) is 0 Å². The first kappa shape index (κ1) is 15.1. The summed E-state index contributed by atoms with van der Waals surface area (Å²) in [6.07, 6.45) is 3.40. The summed E-state index contributed by atoms with van der Waals surface area (Å²) >= 11 is 0. The van der Waals surface area contributed by atoms with Crippen LogP contribution in [0.4, 0.5) is 4.79 Å². The molecular weight excluding hydrogens is 258 g/mol. The van der Waals surface area contributed by atoms with Crippen LogP contribution < -0.4 is 0 Å². The molecule has 3 atom stereocenters. The number of carboxylic acid groups (broad SMARTS) is 1. The summed E-state index contributed by atoms with van der Waals surface area (Å²) in [5.41, 5.74) is -0.507. The fourth-order valence-electron chi connectivity index (χ4n) is 3.46. The number of aliphatic carboxylic acids is 1. The fraction of sp³-hybridized carbons (Fsp3) is 0.867. The van der Waals surface area contributed by atoms with Crippen LogP contribution in [0.1, 0.15) is 46.5 Å². The summed E-state index contributed by atoms with van der Waals surface area (Å²) in [6.45, 7) is 6.74. The second-order valence-electron chi connectivity index (χ2n) is 7.01. The number of ether oxygens (including phenoxy) is 1. The van der Waals surface area contributed by atoms with E-state index in [1.165, 1.54) is 0 Å². The summed E-state index contributed by atoms with van der Waals surface area (Å²) in [5, 5.41) is 9.35. The Hall–Kier alpha value is -1.26. The van der Waals surface area contributed by atoms with E-state index in [1.54, 1.807) is 4.90 Å². The molecular formula is C15H25NO4. The molecule has 114 valence electrons. The normalized spacial score (nSPS) is 30.6. The van der Waals surface area contributed by atoms with Gasteiger partial charge < -0.3 is 14.7 Å². The smallest absolute Gasteiger partial charge is 0.410 e. The van der Waals surface area contributed by atoms with Crippen molar-refractivity contribution in [1.29, 1.82) is 0 Å². The molecule has 1 saturated heterocycles. The van der Waals surface area contributed by atoms with Gasteiger partial charge in [-0.25, -0.2) is 4.79 Å². The van der Waals surface area contributed by atoms with E-state index in [0.717, 1.165) is 25.7 Å². The number of rotatable bonds is 1. The standard InChI is InChI=1S/C15H25NO4/c1-15(2,3)20-14(19)16-8-7-10-5-4-6-11(13(17)18)12(10)9-16/h10-12H,4-9H2,1-3H3,(H,17,18). The maximum absolute atomic E-state index is 12.1. The number of amides is 1. The predicted molar refractivity (Wildman–Crippen MR) is 74.4 cm³/mol. The summed E-state index contributed by atoms with van der Waals surface area (Å²) in [4.78, 5) is 25.2. The highest BCUT2D eigenvalue weighted by Crippen LogP contribution is 2.40. The molecule has 3 unspecified atom stereocenters. The molecule has 1 saturated carbocycles. The number of carbonyl (C=O) groups excluding carboxylic acids is 1. The molecule has 5 nitrogen and oxygen atoms in total. The van der Waals surface area contributed by atoms with Crippen LogP contribution in [0.15, 0.2) is 0 Å². The van der Waals surface area contributed by atoms with Crippen molar-refractivity contribution in [3.63, 3.8) is 0 Å². The lowest BCUT2D eigenvalue weighted by atomic mass is 9.69. The molecule has 1 amide bonds. The molecule has 5 heteroatoms. The van der Waals surface area contributed by atoms with Gasteiger partial charge in [0.1, 0.15) is 5.60 Å². The first-order chi connectivity index (χ1) is 9.28. The molecule has 0 aromatic carbocycles. The van der Waals surface area contributed by atoms with Crippen LogP contribution in [-0.2, 0) is 9.53 Å². The Morgan fingerprint density at radius 1 is 1.20 bits per heavy atom. The largest absolute Gasteiger partial charge is 0.481 e. The van der Waals surface area contributed by atoms with Crippen LogP contribution in [0, 0.1) is 17.8 Å². The minimum atomic E-state index is -0.717. The van der Waals surface area contributed by atoms with Crippen molar-refractivity contribution in [3.05, 3.63) is 0 Å². The van der Waals surface area contributed by atoms with Crippen molar-refractivity contribution >= 4 is 12.1 Å². The summed E-state index contributed by atoms with van der Waals surface area (Å²) in [6, 6.07) is 0. The molecule has 0 aromatic rings. The van der Waals surface area contributed by atoms with Crippen molar-refractivity contribution in [3.8, 4) is 0 Å². The zero-order valence-corrected chi connectivity index (χ0v) is 12.6. The third kappa shape index (κ3) is 3.44. The summed E-state index contributed by atoms with van der Waals surface area (Å²) < 4.78 is 5.39. The molecule has 0 bridgehead atoms. The summed E-state index contributed by atoms with van der Waals surface area (Å²) in [5.74, 6) is -0.490. The summed E-state index contributed by atoms with van der Waals surface area (Å²) in [7, 11) is 0. The number of nitrogens with zero attached hydrogens (tertiary/aromatic N) is 1. The van der Waals surface area contributed by atoms with E-state index >= 15 is 0 Å². The van der Waals surface area contributed by atoms with Crippen LogP contribution in [0.5, 0.6) is 0 Å². The van der Waals surface area contributed by atoms with E-state index in [2.05, 4.69) is 0 Å². The fourth-order valence-corrected chi connectivity index (χ4v) is 3.46. The van der Waals surface area contributed by atoms with Crippen molar-refractivity contribution < 1.29 is 19.4 Å².